The summed E-state index contributed by atoms with van der Waals surface area (Å²) in [5, 5.41) is 0.101. The number of fused-ring (bicyclic) bond motifs is 1. The van der Waals surface area contributed by atoms with Crippen LogP contribution in [0.1, 0.15) is 24.2 Å². The van der Waals surface area contributed by atoms with Crippen LogP contribution in [-0.2, 0) is 4.79 Å². The molecule has 3 nitrogen and oxygen atoms in total. The maximum atomic E-state index is 13.8. The van der Waals surface area contributed by atoms with Crippen LogP contribution in [0.2, 0.25) is 5.02 Å². The number of carbonyl (C=O) groups excluding carboxylic acids is 2. The molecule has 1 aromatic rings. The van der Waals surface area contributed by atoms with Gasteiger partial charge in [0.05, 0.1) is 16.3 Å². The number of hydrogen-bond acceptors (Lipinski definition) is 2. The van der Waals surface area contributed by atoms with Crippen LogP contribution in [0.15, 0.2) is 23.8 Å². The van der Waals surface area contributed by atoms with Crippen molar-refractivity contribution >= 4 is 29.0 Å². The second-order valence-electron chi connectivity index (χ2n) is 4.28. The van der Waals surface area contributed by atoms with Crippen LogP contribution in [0.4, 0.5) is 10.1 Å². The molecule has 0 unspecified atom stereocenters. The molecule has 1 aliphatic rings. The predicted octanol–water partition coefficient (Wildman–Crippen LogP) is 2.97. The van der Waals surface area contributed by atoms with Gasteiger partial charge in [-0.15, -0.1) is 0 Å². The molecule has 1 aliphatic heterocycles. The van der Waals surface area contributed by atoms with E-state index in [1.807, 2.05) is 13.8 Å². The maximum Gasteiger partial charge on any atom is 0.299 e. The number of benzene rings is 1. The van der Waals surface area contributed by atoms with Crippen molar-refractivity contribution in [3.8, 4) is 0 Å². The van der Waals surface area contributed by atoms with E-state index in [0.29, 0.717) is 0 Å². The number of hydrogen-bond donors (Lipinski definition) is 0. The first-order chi connectivity index (χ1) is 8.43. The average molecular weight is 268 g/mol. The lowest BCUT2D eigenvalue weighted by Gasteiger charge is -2.15. The summed E-state index contributed by atoms with van der Waals surface area (Å²) in [4.78, 5) is 24.7. The highest BCUT2D eigenvalue weighted by Crippen LogP contribution is 2.36. The highest BCUT2D eigenvalue weighted by Gasteiger charge is 2.39. The van der Waals surface area contributed by atoms with Gasteiger partial charge in [0.25, 0.3) is 11.7 Å². The van der Waals surface area contributed by atoms with Gasteiger partial charge in [-0.25, -0.2) is 4.39 Å². The SMILES string of the molecule is CC(C)=CCN1C(=O)C(=O)c2c(Cl)ccc(F)c21. The number of amides is 1. The van der Waals surface area contributed by atoms with Gasteiger partial charge >= 0.3 is 0 Å². The minimum atomic E-state index is -0.753. The van der Waals surface area contributed by atoms with Gasteiger partial charge in [0, 0.05) is 6.54 Å². The van der Waals surface area contributed by atoms with Gasteiger partial charge in [0.1, 0.15) is 5.82 Å². The van der Waals surface area contributed by atoms with Gasteiger partial charge in [-0.1, -0.05) is 23.3 Å². The van der Waals surface area contributed by atoms with E-state index in [1.54, 1.807) is 6.08 Å². The molecular weight excluding hydrogens is 257 g/mol. The molecule has 1 aromatic carbocycles. The van der Waals surface area contributed by atoms with Crippen LogP contribution < -0.4 is 4.90 Å². The Morgan fingerprint density at radius 2 is 2.06 bits per heavy atom. The van der Waals surface area contributed by atoms with Crippen molar-refractivity contribution in [2.24, 2.45) is 0 Å². The lowest BCUT2D eigenvalue weighted by molar-refractivity contribution is -0.114. The fourth-order valence-electron chi connectivity index (χ4n) is 1.80. The van der Waals surface area contributed by atoms with E-state index in [9.17, 15) is 14.0 Å². The van der Waals surface area contributed by atoms with Gasteiger partial charge in [0.15, 0.2) is 0 Å². The molecule has 0 N–H and O–H groups in total. The third-order valence-electron chi connectivity index (χ3n) is 2.70. The number of allylic oxidation sites excluding steroid dienone is 1. The number of rotatable bonds is 2. The first-order valence-electron chi connectivity index (χ1n) is 5.41. The topological polar surface area (TPSA) is 37.4 Å². The summed E-state index contributed by atoms with van der Waals surface area (Å²) < 4.78 is 13.8. The lowest BCUT2D eigenvalue weighted by Crippen LogP contribution is -2.30. The molecule has 0 fully saturated rings. The Hall–Kier alpha value is -1.68. The van der Waals surface area contributed by atoms with Crippen molar-refractivity contribution in [1.82, 2.24) is 0 Å². The second kappa shape index (κ2) is 4.53. The fourth-order valence-corrected chi connectivity index (χ4v) is 2.04. The summed E-state index contributed by atoms with van der Waals surface area (Å²) in [5.41, 5.74) is 0.921. The van der Waals surface area contributed by atoms with Crippen molar-refractivity contribution in [1.29, 1.82) is 0 Å². The first-order valence-corrected chi connectivity index (χ1v) is 5.79. The molecule has 0 spiro atoms. The first kappa shape index (κ1) is 12.8. The Kier molecular flexibility index (Phi) is 3.22. The largest absolute Gasteiger partial charge is 0.299 e. The van der Waals surface area contributed by atoms with Crippen LogP contribution in [0.3, 0.4) is 0 Å². The normalized spacial score (nSPS) is 13.9. The van der Waals surface area contributed by atoms with Gasteiger partial charge in [-0.05, 0) is 26.0 Å². The molecule has 18 heavy (non-hydrogen) atoms. The summed E-state index contributed by atoms with van der Waals surface area (Å²) in [5.74, 6) is -2.11. The Morgan fingerprint density at radius 1 is 1.39 bits per heavy atom. The highest BCUT2D eigenvalue weighted by atomic mass is 35.5. The molecule has 0 bridgehead atoms. The summed E-state index contributed by atoms with van der Waals surface area (Å²) in [6.07, 6.45) is 1.75. The van der Waals surface area contributed by atoms with E-state index in [1.165, 1.54) is 6.07 Å². The second-order valence-corrected chi connectivity index (χ2v) is 4.69. The lowest BCUT2D eigenvalue weighted by atomic mass is 10.1. The van der Waals surface area contributed by atoms with Gasteiger partial charge in [-0.2, -0.15) is 0 Å². The maximum absolute atomic E-state index is 13.8. The molecular formula is C13H11ClFNO2. The Balaban J connectivity index is 2.55. The molecule has 94 valence electrons. The summed E-state index contributed by atoms with van der Waals surface area (Å²) in [6, 6.07) is 2.44. The van der Waals surface area contributed by atoms with Crippen LogP contribution in [0.5, 0.6) is 0 Å². The molecule has 1 amide bonds. The minimum Gasteiger partial charge on any atom is -0.298 e. The van der Waals surface area contributed by atoms with E-state index in [2.05, 4.69) is 0 Å². The van der Waals surface area contributed by atoms with Crippen LogP contribution >= 0.6 is 11.6 Å². The van der Waals surface area contributed by atoms with Gasteiger partial charge in [0.2, 0.25) is 0 Å². The number of Topliss-reactive ketones (excluding diaryl/α,β-unsaturated/α-hetero) is 1. The van der Waals surface area contributed by atoms with Crippen molar-refractivity contribution in [3.05, 3.63) is 40.2 Å². The zero-order valence-electron chi connectivity index (χ0n) is 9.96. The smallest absolute Gasteiger partial charge is 0.298 e. The third-order valence-corrected chi connectivity index (χ3v) is 3.01. The molecule has 0 aliphatic carbocycles. The number of nitrogens with zero attached hydrogens (tertiary/aromatic N) is 1. The Labute approximate surface area is 109 Å². The van der Waals surface area contributed by atoms with Crippen molar-refractivity contribution in [3.63, 3.8) is 0 Å². The molecule has 5 heteroatoms. The molecule has 0 aromatic heterocycles. The van der Waals surface area contributed by atoms with E-state index < -0.39 is 17.5 Å². The molecule has 0 radical (unpaired) electrons. The van der Waals surface area contributed by atoms with E-state index >= 15 is 0 Å². The third kappa shape index (κ3) is 1.93. The Morgan fingerprint density at radius 3 is 2.67 bits per heavy atom. The molecule has 0 saturated heterocycles. The summed E-state index contributed by atoms with van der Waals surface area (Å²) in [7, 11) is 0. The summed E-state index contributed by atoms with van der Waals surface area (Å²) >= 11 is 5.85. The zero-order valence-corrected chi connectivity index (χ0v) is 10.7. The number of anilines is 1. The zero-order chi connectivity index (χ0) is 13.4. The Bertz CT molecular complexity index is 577. The minimum absolute atomic E-state index is 0.0185. The van der Waals surface area contributed by atoms with Crippen LogP contribution in [-0.4, -0.2) is 18.2 Å². The van der Waals surface area contributed by atoms with Crippen molar-refractivity contribution in [2.45, 2.75) is 13.8 Å². The number of carbonyl (C=O) groups is 2. The monoisotopic (exact) mass is 267 g/mol. The highest BCUT2D eigenvalue weighted by molar-refractivity contribution is 6.55. The summed E-state index contributed by atoms with van der Waals surface area (Å²) in [6.45, 7) is 3.88. The number of ketones is 1. The standard InChI is InChI=1S/C13H11ClFNO2/c1-7(2)5-6-16-11-9(15)4-3-8(14)10(11)12(17)13(16)18/h3-5H,6H2,1-2H3. The molecule has 0 saturated carbocycles. The van der Waals surface area contributed by atoms with Crippen LogP contribution in [0, 0.1) is 5.82 Å². The van der Waals surface area contributed by atoms with Gasteiger partial charge in [-0.3, -0.25) is 14.5 Å². The molecule has 1 heterocycles. The van der Waals surface area contributed by atoms with E-state index in [0.717, 1.165) is 16.5 Å². The van der Waals surface area contributed by atoms with E-state index in [4.69, 9.17) is 11.6 Å². The van der Waals surface area contributed by atoms with Crippen molar-refractivity contribution < 1.29 is 14.0 Å². The average Bonchev–Trinajstić information content (AvgIpc) is 2.56. The van der Waals surface area contributed by atoms with Gasteiger partial charge < -0.3 is 0 Å². The quantitative estimate of drug-likeness (QED) is 0.610. The fraction of sp³-hybridized carbons (Fsp3) is 0.231. The molecule has 2 rings (SSSR count). The van der Waals surface area contributed by atoms with Crippen LogP contribution in [0.25, 0.3) is 0 Å². The molecule has 0 atom stereocenters. The number of halogens is 2. The van der Waals surface area contributed by atoms with Crippen molar-refractivity contribution in [2.75, 3.05) is 11.4 Å². The predicted molar refractivity (Wildman–Crippen MR) is 67.5 cm³/mol. The van der Waals surface area contributed by atoms with E-state index in [-0.39, 0.29) is 22.8 Å².